The molecular formula is C22H24F2N2O3S. The Morgan fingerprint density at radius 1 is 1.13 bits per heavy atom. The number of nitrogens with zero attached hydrogens (tertiary/aromatic N) is 1. The fraction of sp³-hybridized carbons (Fsp3) is 0.409. The predicted octanol–water partition coefficient (Wildman–Crippen LogP) is 3.28. The Morgan fingerprint density at radius 3 is 2.47 bits per heavy atom. The van der Waals surface area contributed by atoms with E-state index in [1.165, 1.54) is 18.2 Å². The average molecular weight is 435 g/mol. The lowest BCUT2D eigenvalue weighted by Crippen LogP contribution is -2.56. The molecule has 2 aromatic carbocycles. The van der Waals surface area contributed by atoms with Crippen LogP contribution < -0.4 is 4.72 Å². The molecule has 1 heterocycles. The normalized spacial score (nSPS) is 23.2. The quantitative estimate of drug-likeness (QED) is 0.727. The van der Waals surface area contributed by atoms with E-state index >= 15 is 0 Å². The molecule has 1 N–H and O–H groups in total. The van der Waals surface area contributed by atoms with Gasteiger partial charge in [0.15, 0.2) is 0 Å². The summed E-state index contributed by atoms with van der Waals surface area (Å²) in [5, 5.41) is 0. The van der Waals surface area contributed by atoms with Crippen LogP contribution >= 0.6 is 0 Å². The summed E-state index contributed by atoms with van der Waals surface area (Å²) in [5.41, 5.74) is 1.18. The number of hydrogen-bond acceptors (Lipinski definition) is 3. The van der Waals surface area contributed by atoms with Crippen molar-refractivity contribution in [2.24, 2.45) is 5.92 Å². The highest BCUT2D eigenvalue weighted by Crippen LogP contribution is 2.52. The van der Waals surface area contributed by atoms with Crippen molar-refractivity contribution in [1.29, 1.82) is 0 Å². The average Bonchev–Trinajstić information content (AvgIpc) is 3.48. The van der Waals surface area contributed by atoms with Crippen LogP contribution in [0.3, 0.4) is 0 Å². The summed E-state index contributed by atoms with van der Waals surface area (Å²) in [7, 11) is -3.30. The third-order valence-electron chi connectivity index (χ3n) is 6.05. The number of halogens is 2. The van der Waals surface area contributed by atoms with Gasteiger partial charge in [0.25, 0.3) is 0 Å². The molecule has 2 aromatic rings. The molecule has 0 bridgehead atoms. The maximum Gasteiger partial charge on any atom is 0.226 e. The number of nitrogens with one attached hydrogen (secondary N) is 1. The molecule has 30 heavy (non-hydrogen) atoms. The minimum Gasteiger partial charge on any atom is -0.338 e. The van der Waals surface area contributed by atoms with E-state index in [1.54, 1.807) is 24.0 Å². The second-order valence-corrected chi connectivity index (χ2v) is 9.95. The number of benzene rings is 2. The fourth-order valence-corrected chi connectivity index (χ4v) is 4.75. The van der Waals surface area contributed by atoms with Gasteiger partial charge < -0.3 is 4.90 Å². The molecule has 160 valence electrons. The minimum absolute atomic E-state index is 0.00174. The Hall–Kier alpha value is -2.32. The smallest absolute Gasteiger partial charge is 0.226 e. The van der Waals surface area contributed by atoms with Crippen molar-refractivity contribution in [2.75, 3.05) is 18.8 Å². The number of hydrogen-bond donors (Lipinski definition) is 1. The van der Waals surface area contributed by atoms with Gasteiger partial charge in [0.05, 0.1) is 11.3 Å². The fourth-order valence-electron chi connectivity index (χ4n) is 4.10. The second-order valence-electron chi connectivity index (χ2n) is 7.86. The summed E-state index contributed by atoms with van der Waals surface area (Å²) in [5.74, 6) is -1.61. The summed E-state index contributed by atoms with van der Waals surface area (Å²) in [6.07, 6.45) is 1.38. The molecule has 0 spiro atoms. The van der Waals surface area contributed by atoms with Crippen LogP contribution in [0.15, 0.2) is 42.5 Å². The van der Waals surface area contributed by atoms with Crippen LogP contribution in [0, 0.1) is 17.6 Å². The van der Waals surface area contributed by atoms with Crippen LogP contribution in [0.25, 0.3) is 11.1 Å². The molecular weight excluding hydrogens is 410 g/mol. The largest absolute Gasteiger partial charge is 0.338 e. The van der Waals surface area contributed by atoms with Crippen LogP contribution in [0.1, 0.15) is 31.2 Å². The van der Waals surface area contributed by atoms with Gasteiger partial charge in [-0.3, -0.25) is 4.79 Å². The Morgan fingerprint density at radius 2 is 1.83 bits per heavy atom. The lowest BCUT2D eigenvalue weighted by molar-refractivity contribution is -0.140. The molecule has 1 saturated carbocycles. The van der Waals surface area contributed by atoms with E-state index in [0.717, 1.165) is 12.0 Å². The number of amides is 1. The summed E-state index contributed by atoms with van der Waals surface area (Å²) >= 11 is 0. The Labute approximate surface area is 175 Å². The van der Waals surface area contributed by atoms with E-state index in [2.05, 4.69) is 4.72 Å². The van der Waals surface area contributed by atoms with Crippen LogP contribution in [-0.2, 0) is 14.8 Å². The van der Waals surface area contributed by atoms with Gasteiger partial charge in [-0.05, 0) is 48.9 Å². The molecule has 4 rings (SSSR count). The third-order valence-corrected chi connectivity index (χ3v) is 7.41. The highest BCUT2D eigenvalue weighted by atomic mass is 32.2. The zero-order valence-electron chi connectivity index (χ0n) is 16.6. The summed E-state index contributed by atoms with van der Waals surface area (Å²) in [4.78, 5) is 14.7. The summed E-state index contributed by atoms with van der Waals surface area (Å²) in [6, 6.07) is 10.7. The molecule has 8 heteroatoms. The molecule has 0 radical (unpaired) electrons. The maximum atomic E-state index is 14.3. The predicted molar refractivity (Wildman–Crippen MR) is 110 cm³/mol. The molecule has 1 saturated heterocycles. The molecule has 0 aromatic heterocycles. The van der Waals surface area contributed by atoms with Gasteiger partial charge in [0.2, 0.25) is 15.9 Å². The zero-order valence-corrected chi connectivity index (χ0v) is 17.5. The minimum atomic E-state index is -3.30. The van der Waals surface area contributed by atoms with Gasteiger partial charge >= 0.3 is 0 Å². The molecule has 5 nitrogen and oxygen atoms in total. The highest BCUT2D eigenvalue weighted by molar-refractivity contribution is 7.89. The van der Waals surface area contributed by atoms with Crippen molar-refractivity contribution in [3.8, 4) is 11.1 Å². The van der Waals surface area contributed by atoms with Gasteiger partial charge in [0, 0.05) is 25.0 Å². The summed E-state index contributed by atoms with van der Waals surface area (Å²) < 4.78 is 54.5. The van der Waals surface area contributed by atoms with E-state index in [4.69, 9.17) is 0 Å². The lowest BCUT2D eigenvalue weighted by Gasteiger charge is -2.41. The zero-order chi connectivity index (χ0) is 21.5. The topological polar surface area (TPSA) is 66.5 Å². The van der Waals surface area contributed by atoms with Crippen LogP contribution in [-0.4, -0.2) is 44.1 Å². The number of carbonyl (C=O) groups is 1. The van der Waals surface area contributed by atoms with Crippen LogP contribution in [0.2, 0.25) is 0 Å². The van der Waals surface area contributed by atoms with E-state index in [0.29, 0.717) is 18.5 Å². The Balaban J connectivity index is 1.49. The molecule has 1 amide bonds. The summed E-state index contributed by atoms with van der Waals surface area (Å²) in [6.45, 7) is 2.39. The monoisotopic (exact) mass is 434 g/mol. The molecule has 2 fully saturated rings. The van der Waals surface area contributed by atoms with Crippen molar-refractivity contribution in [2.45, 2.75) is 31.7 Å². The van der Waals surface area contributed by atoms with Crippen molar-refractivity contribution < 1.29 is 22.0 Å². The third kappa shape index (κ3) is 3.98. The van der Waals surface area contributed by atoms with Crippen LogP contribution in [0.5, 0.6) is 0 Å². The maximum absolute atomic E-state index is 14.3. The van der Waals surface area contributed by atoms with Gasteiger partial charge in [-0.15, -0.1) is 0 Å². The Bertz CT molecular complexity index is 1050. The van der Waals surface area contributed by atoms with Crippen molar-refractivity contribution in [3.05, 3.63) is 59.7 Å². The first-order valence-electron chi connectivity index (χ1n) is 10.1. The first kappa shape index (κ1) is 20.9. The first-order chi connectivity index (χ1) is 14.3. The first-order valence-corrected chi connectivity index (χ1v) is 11.8. The lowest BCUT2D eigenvalue weighted by atomic mass is 9.94. The van der Waals surface area contributed by atoms with Gasteiger partial charge in [-0.1, -0.05) is 30.3 Å². The molecule has 2 aliphatic rings. The number of rotatable bonds is 7. The Kier molecular flexibility index (Phi) is 5.63. The number of sulfonamides is 1. The highest BCUT2D eigenvalue weighted by Gasteiger charge is 2.49. The van der Waals surface area contributed by atoms with Gasteiger partial charge in [-0.25, -0.2) is 21.9 Å². The van der Waals surface area contributed by atoms with Crippen molar-refractivity contribution in [3.63, 3.8) is 0 Å². The van der Waals surface area contributed by atoms with E-state index in [1.807, 2.05) is 12.1 Å². The second kappa shape index (κ2) is 8.07. The van der Waals surface area contributed by atoms with E-state index in [-0.39, 0.29) is 41.6 Å². The molecule has 1 aliphatic carbocycles. The van der Waals surface area contributed by atoms with Crippen molar-refractivity contribution >= 4 is 15.9 Å². The van der Waals surface area contributed by atoms with Crippen molar-refractivity contribution in [1.82, 2.24) is 9.62 Å². The number of carbonyl (C=O) groups excluding carboxylic acids is 1. The van der Waals surface area contributed by atoms with Gasteiger partial charge in [-0.2, -0.15) is 0 Å². The molecule has 3 atom stereocenters. The molecule has 0 unspecified atom stereocenters. The van der Waals surface area contributed by atoms with E-state index < -0.39 is 21.7 Å². The SMILES string of the molecule is CCS(=O)(=O)NC[C@@H]1CCN1C(=O)[C@@H]1C[C@H]1c1ccccc1-c1c(F)cccc1F. The number of likely N-dealkylation sites (tertiary alicyclic amines) is 1. The standard InChI is InChI=1S/C22H24F2N2O3S/c1-2-30(28,29)25-13-14-10-11-26(14)22(27)18-12-17(18)15-6-3-4-7-16(15)21-19(23)8-5-9-20(21)24/h3-9,14,17-18,25H,2,10-13H2,1H3/t14-,17-,18+/m0/s1. The van der Waals surface area contributed by atoms with Gasteiger partial charge in [0.1, 0.15) is 11.6 Å². The van der Waals surface area contributed by atoms with E-state index in [9.17, 15) is 22.0 Å². The molecule has 1 aliphatic heterocycles. The van der Waals surface area contributed by atoms with Crippen LogP contribution in [0.4, 0.5) is 8.78 Å².